The number of carbonyl (C=O) groups is 2. The van der Waals surface area contributed by atoms with Gasteiger partial charge in [0, 0.05) is 11.3 Å². The number of rotatable bonds is 4. The molecular weight excluding hydrogens is 409 g/mol. The van der Waals surface area contributed by atoms with Crippen LogP contribution < -0.4 is 9.64 Å². The number of hydrogen-bond donors (Lipinski definition) is 1. The Hall–Kier alpha value is -3.93. The van der Waals surface area contributed by atoms with Gasteiger partial charge in [0.15, 0.2) is 0 Å². The predicted octanol–water partition coefficient (Wildman–Crippen LogP) is 5.08. The summed E-state index contributed by atoms with van der Waals surface area (Å²) in [7, 11) is 1.54. The molecule has 0 spiro atoms. The van der Waals surface area contributed by atoms with Gasteiger partial charge in [0.1, 0.15) is 17.3 Å². The van der Waals surface area contributed by atoms with Gasteiger partial charge in [-0.15, -0.1) is 0 Å². The van der Waals surface area contributed by atoms with Crippen LogP contribution in [0.4, 0.5) is 10.1 Å². The zero-order chi connectivity index (χ0) is 23.0. The van der Waals surface area contributed by atoms with Crippen molar-refractivity contribution in [2.24, 2.45) is 0 Å². The van der Waals surface area contributed by atoms with Gasteiger partial charge in [-0.2, -0.15) is 0 Å². The zero-order valence-electron chi connectivity index (χ0n) is 17.9. The molecule has 1 aliphatic rings. The minimum absolute atomic E-state index is 0.0459. The van der Waals surface area contributed by atoms with Crippen LogP contribution in [0.25, 0.3) is 5.76 Å². The maximum absolute atomic E-state index is 13.6. The summed E-state index contributed by atoms with van der Waals surface area (Å²) in [6.07, 6.45) is 0. The first kappa shape index (κ1) is 21.3. The van der Waals surface area contributed by atoms with Crippen LogP contribution in [-0.4, -0.2) is 23.9 Å². The first-order valence-corrected chi connectivity index (χ1v) is 10.1. The fraction of sp³-hybridized carbons (Fsp3) is 0.154. The Labute approximate surface area is 185 Å². The Kier molecular flexibility index (Phi) is 5.53. The van der Waals surface area contributed by atoms with Gasteiger partial charge in [-0.05, 0) is 67.4 Å². The number of aliphatic hydroxyl groups excluding tert-OH is 1. The quantitative estimate of drug-likeness (QED) is 0.356. The molecule has 1 amide bonds. The van der Waals surface area contributed by atoms with Crippen LogP contribution in [0.15, 0.2) is 72.3 Å². The summed E-state index contributed by atoms with van der Waals surface area (Å²) in [6, 6.07) is 16.9. The molecule has 3 aromatic carbocycles. The second kappa shape index (κ2) is 8.30. The van der Waals surface area contributed by atoms with E-state index in [9.17, 15) is 19.1 Å². The standard InChI is InChI=1S/C26H22FNO4/c1-15-4-10-19(11-5-15)28-23(17-6-8-18(27)9-7-17)22(25(30)26(28)31)24(29)21-13-12-20(32-3)14-16(21)2/h4-14,23,29H,1-3H3/b24-22-. The number of benzene rings is 3. The lowest BCUT2D eigenvalue weighted by atomic mass is 9.93. The van der Waals surface area contributed by atoms with Crippen molar-refractivity contribution in [2.45, 2.75) is 19.9 Å². The summed E-state index contributed by atoms with van der Waals surface area (Å²) in [5.41, 5.74) is 3.07. The number of Topliss-reactive ketones (excluding diaryl/α,β-unsaturated/α-hetero) is 1. The van der Waals surface area contributed by atoms with Gasteiger partial charge >= 0.3 is 0 Å². The van der Waals surface area contributed by atoms with E-state index in [4.69, 9.17) is 4.74 Å². The van der Waals surface area contributed by atoms with Gasteiger partial charge in [-0.25, -0.2) is 4.39 Å². The third kappa shape index (κ3) is 3.64. The third-order valence-corrected chi connectivity index (χ3v) is 5.63. The Morgan fingerprint density at radius 2 is 1.62 bits per heavy atom. The van der Waals surface area contributed by atoms with Gasteiger partial charge < -0.3 is 9.84 Å². The van der Waals surface area contributed by atoms with Crippen LogP contribution in [0.1, 0.15) is 28.3 Å². The van der Waals surface area contributed by atoms with Gasteiger partial charge in [-0.3, -0.25) is 14.5 Å². The van der Waals surface area contributed by atoms with Crippen LogP contribution in [0.3, 0.4) is 0 Å². The molecule has 1 atom stereocenters. The van der Waals surface area contributed by atoms with Crippen LogP contribution >= 0.6 is 0 Å². The number of amides is 1. The van der Waals surface area contributed by atoms with Crippen molar-refractivity contribution >= 4 is 23.1 Å². The van der Waals surface area contributed by atoms with Crippen molar-refractivity contribution in [1.29, 1.82) is 0 Å². The molecule has 0 aliphatic carbocycles. The van der Waals surface area contributed by atoms with E-state index in [0.717, 1.165) is 5.56 Å². The number of aryl methyl sites for hydroxylation is 2. The SMILES string of the molecule is COc1ccc(/C(O)=C2/C(=O)C(=O)N(c3ccc(C)cc3)C2c2ccc(F)cc2)c(C)c1. The highest BCUT2D eigenvalue weighted by Gasteiger charge is 2.47. The molecule has 0 radical (unpaired) electrons. The van der Waals surface area contributed by atoms with E-state index in [1.807, 2.05) is 19.1 Å². The molecule has 32 heavy (non-hydrogen) atoms. The lowest BCUT2D eigenvalue weighted by Crippen LogP contribution is -2.29. The van der Waals surface area contributed by atoms with Crippen LogP contribution in [0, 0.1) is 19.7 Å². The summed E-state index contributed by atoms with van der Waals surface area (Å²) in [4.78, 5) is 27.6. The minimum Gasteiger partial charge on any atom is -0.507 e. The zero-order valence-corrected chi connectivity index (χ0v) is 17.9. The van der Waals surface area contributed by atoms with E-state index in [2.05, 4.69) is 0 Å². The van der Waals surface area contributed by atoms with Gasteiger partial charge in [0.2, 0.25) is 0 Å². The van der Waals surface area contributed by atoms with Crippen LogP contribution in [0.5, 0.6) is 5.75 Å². The molecule has 1 N–H and O–H groups in total. The number of aliphatic hydroxyl groups is 1. The second-order valence-corrected chi connectivity index (χ2v) is 7.74. The molecule has 1 fully saturated rings. The summed E-state index contributed by atoms with van der Waals surface area (Å²) >= 11 is 0. The molecule has 3 aromatic rings. The largest absolute Gasteiger partial charge is 0.507 e. The number of halogens is 1. The number of ether oxygens (including phenoxy) is 1. The van der Waals surface area contributed by atoms with Gasteiger partial charge in [0.25, 0.3) is 11.7 Å². The molecule has 0 aromatic heterocycles. The third-order valence-electron chi connectivity index (χ3n) is 5.63. The molecule has 6 heteroatoms. The topological polar surface area (TPSA) is 66.8 Å². The number of nitrogens with zero attached hydrogens (tertiary/aromatic N) is 1. The maximum Gasteiger partial charge on any atom is 0.300 e. The van der Waals surface area contributed by atoms with E-state index in [1.165, 1.54) is 36.3 Å². The highest BCUT2D eigenvalue weighted by Crippen LogP contribution is 2.42. The maximum atomic E-state index is 13.6. The number of anilines is 1. The number of methoxy groups -OCH3 is 1. The van der Waals surface area contributed by atoms with Crippen LogP contribution in [0.2, 0.25) is 0 Å². The van der Waals surface area contributed by atoms with Crippen molar-refractivity contribution in [2.75, 3.05) is 12.0 Å². The Morgan fingerprint density at radius 3 is 2.22 bits per heavy atom. The number of ketones is 1. The van der Waals surface area contributed by atoms with Crippen molar-refractivity contribution < 1.29 is 23.8 Å². The van der Waals surface area contributed by atoms with Crippen molar-refractivity contribution in [3.8, 4) is 5.75 Å². The summed E-state index contributed by atoms with van der Waals surface area (Å²) < 4.78 is 18.8. The molecule has 1 aliphatic heterocycles. The average molecular weight is 431 g/mol. The van der Waals surface area contributed by atoms with Crippen LogP contribution in [-0.2, 0) is 9.59 Å². The van der Waals surface area contributed by atoms with E-state index in [-0.39, 0.29) is 11.3 Å². The molecular formula is C26H22FNO4. The summed E-state index contributed by atoms with van der Waals surface area (Å²) in [6.45, 7) is 3.70. The van der Waals surface area contributed by atoms with Gasteiger partial charge in [-0.1, -0.05) is 29.8 Å². The lowest BCUT2D eigenvalue weighted by Gasteiger charge is -2.25. The molecule has 4 rings (SSSR count). The second-order valence-electron chi connectivity index (χ2n) is 7.74. The van der Waals surface area contributed by atoms with E-state index < -0.39 is 23.5 Å². The highest BCUT2D eigenvalue weighted by molar-refractivity contribution is 6.51. The lowest BCUT2D eigenvalue weighted by molar-refractivity contribution is -0.132. The fourth-order valence-corrected chi connectivity index (χ4v) is 3.94. The first-order valence-electron chi connectivity index (χ1n) is 10.1. The highest BCUT2D eigenvalue weighted by atomic mass is 19.1. The molecule has 1 saturated heterocycles. The average Bonchev–Trinajstić information content (AvgIpc) is 3.05. The van der Waals surface area contributed by atoms with Crippen molar-refractivity contribution in [3.05, 3.63) is 100 Å². The Bertz CT molecular complexity index is 1230. The summed E-state index contributed by atoms with van der Waals surface area (Å²) in [5.74, 6) is -1.67. The molecule has 1 heterocycles. The monoisotopic (exact) mass is 431 g/mol. The van der Waals surface area contributed by atoms with E-state index in [1.54, 1.807) is 37.3 Å². The minimum atomic E-state index is -0.903. The molecule has 5 nitrogen and oxygen atoms in total. The summed E-state index contributed by atoms with van der Waals surface area (Å²) in [5, 5.41) is 11.2. The Balaban J connectivity index is 1.94. The fourth-order valence-electron chi connectivity index (χ4n) is 3.94. The van der Waals surface area contributed by atoms with E-state index >= 15 is 0 Å². The van der Waals surface area contributed by atoms with E-state index in [0.29, 0.717) is 28.1 Å². The van der Waals surface area contributed by atoms with Crippen molar-refractivity contribution in [1.82, 2.24) is 0 Å². The Morgan fingerprint density at radius 1 is 0.969 bits per heavy atom. The smallest absolute Gasteiger partial charge is 0.300 e. The van der Waals surface area contributed by atoms with Crippen molar-refractivity contribution in [3.63, 3.8) is 0 Å². The number of carbonyl (C=O) groups excluding carboxylic acids is 2. The number of hydrogen-bond acceptors (Lipinski definition) is 4. The molecule has 0 bridgehead atoms. The molecule has 0 saturated carbocycles. The van der Waals surface area contributed by atoms with Gasteiger partial charge in [0.05, 0.1) is 18.7 Å². The first-order chi connectivity index (χ1) is 15.3. The molecule has 162 valence electrons. The molecule has 1 unspecified atom stereocenters. The normalized spacial score (nSPS) is 17.6. The predicted molar refractivity (Wildman–Crippen MR) is 120 cm³/mol.